The molecule has 0 aliphatic rings. The number of nitrogens with one attached hydrogen (secondary N) is 3. The van der Waals surface area contributed by atoms with Gasteiger partial charge >= 0.3 is 6.09 Å². The zero-order valence-electron chi connectivity index (χ0n) is 16.6. The van der Waals surface area contributed by atoms with E-state index < -0.39 is 11.7 Å². The predicted molar refractivity (Wildman–Crippen MR) is 114 cm³/mol. The number of amides is 1. The van der Waals surface area contributed by atoms with Crippen LogP contribution in [0.4, 0.5) is 4.79 Å². The Hall–Kier alpha value is -0.770. The smallest absolute Gasteiger partial charge is 0.407 e. The van der Waals surface area contributed by atoms with E-state index in [-0.39, 0.29) is 30.0 Å². The molecule has 0 heterocycles. The Bertz CT molecular complexity index is 373. The quantitative estimate of drug-likeness (QED) is 0.197. The first-order valence-corrected chi connectivity index (χ1v) is 8.84. The Labute approximate surface area is 170 Å². The first-order chi connectivity index (χ1) is 11.3. The van der Waals surface area contributed by atoms with Crippen LogP contribution in [0, 0.1) is 0 Å². The molecule has 8 heteroatoms. The Morgan fingerprint density at radius 3 is 2.40 bits per heavy atom. The molecule has 25 heavy (non-hydrogen) atoms. The lowest BCUT2D eigenvalue weighted by Gasteiger charge is -2.24. The van der Waals surface area contributed by atoms with Crippen LogP contribution in [0.2, 0.25) is 0 Å². The van der Waals surface area contributed by atoms with Crippen LogP contribution in [0.3, 0.4) is 0 Å². The third-order valence-corrected chi connectivity index (χ3v) is 3.11. The molecule has 0 fully saturated rings. The number of carbonyl (C=O) groups excluding carboxylic acids is 1. The number of alkyl carbamates (subject to hydrolysis) is 1. The summed E-state index contributed by atoms with van der Waals surface area (Å²) in [4.78, 5) is 16.0. The topological polar surface area (TPSA) is 84.0 Å². The maximum absolute atomic E-state index is 11.8. The first kappa shape index (κ1) is 26.5. The highest BCUT2D eigenvalue weighted by Crippen LogP contribution is 2.06. The van der Waals surface area contributed by atoms with Gasteiger partial charge in [0.2, 0.25) is 0 Å². The van der Waals surface area contributed by atoms with E-state index in [1.54, 1.807) is 7.05 Å². The highest BCUT2D eigenvalue weighted by Gasteiger charge is 2.17. The number of unbranched alkanes of at least 4 members (excludes halogenated alkanes) is 1. The molecule has 0 saturated carbocycles. The van der Waals surface area contributed by atoms with Crippen LogP contribution >= 0.6 is 24.0 Å². The summed E-state index contributed by atoms with van der Waals surface area (Å²) in [6, 6.07) is 0.0933. The second-order valence-corrected chi connectivity index (χ2v) is 6.56. The van der Waals surface area contributed by atoms with Gasteiger partial charge in [0, 0.05) is 32.8 Å². The molecular formula is C17H37IN4O3. The van der Waals surface area contributed by atoms with Crippen molar-refractivity contribution in [3.63, 3.8) is 0 Å². The number of ether oxygens (including phenoxy) is 2. The van der Waals surface area contributed by atoms with E-state index in [2.05, 4.69) is 27.9 Å². The molecule has 0 aromatic carbocycles. The third-order valence-electron chi connectivity index (χ3n) is 3.11. The lowest BCUT2D eigenvalue weighted by atomic mass is 10.1. The van der Waals surface area contributed by atoms with Gasteiger partial charge in [-0.25, -0.2) is 4.79 Å². The molecule has 3 N–H and O–H groups in total. The average molecular weight is 472 g/mol. The van der Waals surface area contributed by atoms with Crippen molar-refractivity contribution in [3.05, 3.63) is 0 Å². The molecule has 150 valence electrons. The van der Waals surface area contributed by atoms with Crippen molar-refractivity contribution in [3.8, 4) is 0 Å². The number of aliphatic imine (C=N–C) groups is 1. The highest BCUT2D eigenvalue weighted by atomic mass is 127. The summed E-state index contributed by atoms with van der Waals surface area (Å²) in [6.07, 6.45) is 2.72. The number of hydrogen-bond acceptors (Lipinski definition) is 4. The molecule has 0 spiro atoms. The molecule has 0 aliphatic carbocycles. The van der Waals surface area contributed by atoms with Crippen LogP contribution in [-0.2, 0) is 9.47 Å². The number of guanidine groups is 1. The van der Waals surface area contributed by atoms with E-state index in [1.807, 2.05) is 27.7 Å². The van der Waals surface area contributed by atoms with E-state index in [9.17, 15) is 4.79 Å². The SMILES string of the molecule is CCCCC(CNC(=O)OC(C)(C)C)NC(=NC)NCCOCC.I. The van der Waals surface area contributed by atoms with Crippen LogP contribution < -0.4 is 16.0 Å². The number of nitrogens with zero attached hydrogens (tertiary/aromatic N) is 1. The average Bonchev–Trinajstić information content (AvgIpc) is 2.50. The molecule has 1 atom stereocenters. The van der Waals surface area contributed by atoms with Crippen molar-refractivity contribution in [2.45, 2.75) is 65.5 Å². The van der Waals surface area contributed by atoms with Crippen molar-refractivity contribution in [2.24, 2.45) is 4.99 Å². The van der Waals surface area contributed by atoms with Crippen LogP contribution in [-0.4, -0.2) is 57.0 Å². The zero-order chi connectivity index (χ0) is 18.4. The lowest BCUT2D eigenvalue weighted by Crippen LogP contribution is -2.49. The van der Waals surface area contributed by atoms with Crippen molar-refractivity contribution in [2.75, 3.05) is 33.4 Å². The molecule has 1 unspecified atom stereocenters. The van der Waals surface area contributed by atoms with Crippen molar-refractivity contribution >= 4 is 36.0 Å². The standard InChI is InChI=1S/C17H36N4O3.HI/c1-7-9-10-14(13-20-16(22)24-17(3,4)5)21-15(18-6)19-11-12-23-8-2;/h14H,7-13H2,1-6H3,(H,20,22)(H2,18,19,21);1H. The maximum atomic E-state index is 11.8. The van der Waals surface area contributed by atoms with E-state index in [0.717, 1.165) is 19.3 Å². The van der Waals surface area contributed by atoms with Gasteiger partial charge in [0.05, 0.1) is 6.61 Å². The minimum absolute atomic E-state index is 0. The van der Waals surface area contributed by atoms with E-state index in [0.29, 0.717) is 32.3 Å². The summed E-state index contributed by atoms with van der Waals surface area (Å²) >= 11 is 0. The molecule has 0 aliphatic heterocycles. The predicted octanol–water partition coefficient (Wildman–Crippen LogP) is 2.89. The summed E-state index contributed by atoms with van der Waals surface area (Å²) in [7, 11) is 1.73. The number of halogens is 1. The van der Waals surface area contributed by atoms with Gasteiger partial charge in [0.1, 0.15) is 5.60 Å². The second-order valence-electron chi connectivity index (χ2n) is 6.56. The van der Waals surface area contributed by atoms with Gasteiger partial charge in [-0.2, -0.15) is 0 Å². The van der Waals surface area contributed by atoms with Gasteiger partial charge in [-0.1, -0.05) is 19.8 Å². The molecule has 0 bridgehead atoms. The van der Waals surface area contributed by atoms with E-state index in [1.165, 1.54) is 0 Å². The molecule has 7 nitrogen and oxygen atoms in total. The van der Waals surface area contributed by atoms with Crippen molar-refractivity contribution in [1.29, 1.82) is 0 Å². The Balaban J connectivity index is 0. The van der Waals surface area contributed by atoms with Gasteiger partial charge in [0.25, 0.3) is 0 Å². The first-order valence-electron chi connectivity index (χ1n) is 8.84. The zero-order valence-corrected chi connectivity index (χ0v) is 18.9. The van der Waals surface area contributed by atoms with Gasteiger partial charge < -0.3 is 25.4 Å². The maximum Gasteiger partial charge on any atom is 0.407 e. The Kier molecular flexibility index (Phi) is 16.4. The number of carbonyl (C=O) groups is 1. The minimum atomic E-state index is -0.493. The van der Waals surface area contributed by atoms with Gasteiger partial charge in [-0.3, -0.25) is 4.99 Å². The summed E-state index contributed by atoms with van der Waals surface area (Å²) in [6.45, 7) is 12.2. The highest BCUT2D eigenvalue weighted by molar-refractivity contribution is 14.0. The number of rotatable bonds is 10. The summed E-state index contributed by atoms with van der Waals surface area (Å²) in [5.74, 6) is 0.710. The van der Waals surface area contributed by atoms with Crippen LogP contribution in [0.1, 0.15) is 53.9 Å². The fourth-order valence-electron chi connectivity index (χ4n) is 1.97. The normalized spacial score (nSPS) is 12.8. The fraction of sp³-hybridized carbons (Fsp3) is 0.882. The number of hydrogen-bond donors (Lipinski definition) is 3. The van der Waals surface area contributed by atoms with E-state index in [4.69, 9.17) is 9.47 Å². The van der Waals surface area contributed by atoms with Crippen molar-refractivity contribution < 1.29 is 14.3 Å². The summed E-state index contributed by atoms with van der Waals surface area (Å²) in [5, 5.41) is 9.38. The van der Waals surface area contributed by atoms with E-state index >= 15 is 0 Å². The summed E-state index contributed by atoms with van der Waals surface area (Å²) in [5.41, 5.74) is -0.493. The van der Waals surface area contributed by atoms with Gasteiger partial charge in [0.15, 0.2) is 5.96 Å². The molecule has 0 radical (unpaired) electrons. The lowest BCUT2D eigenvalue weighted by molar-refractivity contribution is 0.0523. The minimum Gasteiger partial charge on any atom is -0.444 e. The fourth-order valence-corrected chi connectivity index (χ4v) is 1.97. The summed E-state index contributed by atoms with van der Waals surface area (Å²) < 4.78 is 10.6. The van der Waals surface area contributed by atoms with Crippen LogP contribution in [0.25, 0.3) is 0 Å². The Morgan fingerprint density at radius 2 is 1.88 bits per heavy atom. The van der Waals surface area contributed by atoms with Crippen LogP contribution in [0.5, 0.6) is 0 Å². The molecular weight excluding hydrogens is 435 g/mol. The monoisotopic (exact) mass is 472 g/mol. The molecule has 0 saturated heterocycles. The third kappa shape index (κ3) is 16.4. The van der Waals surface area contributed by atoms with Gasteiger partial charge in [-0.05, 0) is 34.1 Å². The van der Waals surface area contributed by atoms with Crippen LogP contribution in [0.15, 0.2) is 4.99 Å². The molecule has 0 rings (SSSR count). The van der Waals surface area contributed by atoms with Crippen molar-refractivity contribution in [1.82, 2.24) is 16.0 Å². The Morgan fingerprint density at radius 1 is 1.20 bits per heavy atom. The second kappa shape index (κ2) is 15.5. The largest absolute Gasteiger partial charge is 0.444 e. The van der Waals surface area contributed by atoms with Gasteiger partial charge in [-0.15, -0.1) is 24.0 Å². The molecule has 0 aromatic heterocycles. The molecule has 0 aromatic rings. The molecule has 1 amide bonds.